The van der Waals surface area contributed by atoms with Gasteiger partial charge in [0.25, 0.3) is 0 Å². The molecule has 106 valence electrons. The molecule has 0 radical (unpaired) electrons. The van der Waals surface area contributed by atoms with Gasteiger partial charge in [-0.05, 0) is 38.7 Å². The van der Waals surface area contributed by atoms with Crippen molar-refractivity contribution in [3.05, 3.63) is 30.9 Å². The van der Waals surface area contributed by atoms with Gasteiger partial charge in [0.15, 0.2) is 0 Å². The highest BCUT2D eigenvalue weighted by Gasteiger charge is 2.30. The number of fused-ring (bicyclic) bond motifs is 1. The van der Waals surface area contributed by atoms with Crippen LogP contribution in [0.4, 0.5) is 5.69 Å². The first-order chi connectivity index (χ1) is 9.55. The fourth-order valence-corrected chi connectivity index (χ4v) is 3.08. The van der Waals surface area contributed by atoms with Gasteiger partial charge in [-0.1, -0.05) is 0 Å². The number of nitrogens with zero attached hydrogens (tertiary/aromatic N) is 3. The number of hydrogen-bond donors (Lipinski definition) is 1. The zero-order valence-corrected chi connectivity index (χ0v) is 12.1. The average Bonchev–Trinajstić information content (AvgIpc) is 2.46. The monoisotopic (exact) mass is 271 g/mol. The lowest BCUT2D eigenvalue weighted by Crippen LogP contribution is -2.42. The molecule has 2 aromatic heterocycles. The van der Waals surface area contributed by atoms with Crippen LogP contribution in [0.25, 0.3) is 10.8 Å². The van der Waals surface area contributed by atoms with E-state index in [-0.39, 0.29) is 0 Å². The van der Waals surface area contributed by atoms with Crippen molar-refractivity contribution in [2.75, 3.05) is 18.0 Å². The van der Waals surface area contributed by atoms with Crippen LogP contribution in [-0.2, 0) is 0 Å². The highest BCUT2D eigenvalue weighted by molar-refractivity contribution is 5.92. The maximum Gasteiger partial charge on any atom is 0.0633 e. The van der Waals surface area contributed by atoms with Gasteiger partial charge in [0.05, 0.1) is 17.5 Å². The van der Waals surface area contributed by atoms with Gasteiger partial charge in [0.2, 0.25) is 0 Å². The number of pyridine rings is 2. The summed E-state index contributed by atoms with van der Waals surface area (Å²) in [4.78, 5) is 10.8. The minimum absolute atomic E-state index is 0.378. The predicted molar refractivity (Wildman–Crippen MR) is 80.8 cm³/mol. The standard InChI is InChI=1S/C16H21N3O/c1-16(2,20)13-4-7-19(8-5-13)15-11-18-10-12-9-17-6-3-14(12)15/h3,6,9-11,13,20H,4-5,7-8H2,1-2H3. The van der Waals surface area contributed by atoms with E-state index in [9.17, 15) is 5.11 Å². The molecule has 1 aliphatic rings. The van der Waals surface area contributed by atoms with Crippen LogP contribution in [0.5, 0.6) is 0 Å². The summed E-state index contributed by atoms with van der Waals surface area (Å²) >= 11 is 0. The number of aromatic nitrogens is 2. The van der Waals surface area contributed by atoms with Crippen molar-refractivity contribution in [3.8, 4) is 0 Å². The first-order valence-electron chi connectivity index (χ1n) is 7.21. The molecule has 0 spiro atoms. The van der Waals surface area contributed by atoms with Crippen LogP contribution in [0.2, 0.25) is 0 Å². The van der Waals surface area contributed by atoms with Gasteiger partial charge < -0.3 is 10.0 Å². The molecule has 2 aromatic rings. The normalized spacial score (nSPS) is 17.6. The van der Waals surface area contributed by atoms with E-state index >= 15 is 0 Å². The van der Waals surface area contributed by atoms with Gasteiger partial charge in [-0.2, -0.15) is 0 Å². The molecule has 0 amide bonds. The van der Waals surface area contributed by atoms with Crippen LogP contribution in [0.1, 0.15) is 26.7 Å². The second-order valence-electron chi connectivity index (χ2n) is 6.17. The molecule has 0 bridgehead atoms. The summed E-state index contributed by atoms with van der Waals surface area (Å²) in [7, 11) is 0. The first-order valence-corrected chi connectivity index (χ1v) is 7.21. The molecule has 0 aliphatic carbocycles. The van der Waals surface area contributed by atoms with Crippen LogP contribution in [0.15, 0.2) is 30.9 Å². The highest BCUT2D eigenvalue weighted by atomic mass is 16.3. The molecule has 3 heterocycles. The summed E-state index contributed by atoms with van der Waals surface area (Å²) in [6.45, 7) is 5.77. The fraction of sp³-hybridized carbons (Fsp3) is 0.500. The Hall–Kier alpha value is -1.68. The number of piperidine rings is 1. The van der Waals surface area contributed by atoms with E-state index in [0.29, 0.717) is 5.92 Å². The minimum atomic E-state index is -0.576. The summed E-state index contributed by atoms with van der Waals surface area (Å²) in [6, 6.07) is 2.05. The number of rotatable bonds is 2. The third-order valence-corrected chi connectivity index (χ3v) is 4.37. The predicted octanol–water partition coefficient (Wildman–Crippen LogP) is 2.62. The lowest BCUT2D eigenvalue weighted by Gasteiger charge is -2.39. The zero-order chi connectivity index (χ0) is 14.2. The molecule has 1 aliphatic heterocycles. The van der Waals surface area contributed by atoms with Gasteiger partial charge in [-0.3, -0.25) is 9.97 Å². The van der Waals surface area contributed by atoms with E-state index in [1.165, 1.54) is 11.1 Å². The summed E-state index contributed by atoms with van der Waals surface area (Å²) in [6.07, 6.45) is 9.52. The SMILES string of the molecule is CC(C)(O)C1CCN(c2cncc3cnccc23)CC1. The van der Waals surface area contributed by atoms with Crippen LogP contribution >= 0.6 is 0 Å². The maximum absolute atomic E-state index is 10.1. The summed E-state index contributed by atoms with van der Waals surface area (Å²) in [5.41, 5.74) is 0.603. The molecule has 1 fully saturated rings. The Labute approximate surface area is 119 Å². The Morgan fingerprint density at radius 1 is 1.15 bits per heavy atom. The van der Waals surface area contributed by atoms with Gasteiger partial charge in [0.1, 0.15) is 0 Å². The van der Waals surface area contributed by atoms with Crippen LogP contribution < -0.4 is 4.90 Å². The topological polar surface area (TPSA) is 49.2 Å². The molecule has 0 saturated carbocycles. The molecule has 0 aromatic carbocycles. The van der Waals surface area contributed by atoms with Crippen LogP contribution in [0, 0.1) is 5.92 Å². The molecular weight excluding hydrogens is 250 g/mol. The Morgan fingerprint density at radius 3 is 2.55 bits per heavy atom. The molecule has 0 unspecified atom stereocenters. The zero-order valence-electron chi connectivity index (χ0n) is 12.1. The molecule has 0 atom stereocenters. The lowest BCUT2D eigenvalue weighted by molar-refractivity contribution is 0.00653. The van der Waals surface area contributed by atoms with Gasteiger partial charge in [0, 0.05) is 42.5 Å². The Morgan fingerprint density at radius 2 is 1.85 bits per heavy atom. The Kier molecular flexibility index (Phi) is 3.34. The van der Waals surface area contributed by atoms with Crippen LogP contribution in [0.3, 0.4) is 0 Å². The highest BCUT2D eigenvalue weighted by Crippen LogP contribution is 2.32. The molecular formula is C16H21N3O. The third-order valence-electron chi connectivity index (χ3n) is 4.37. The second-order valence-corrected chi connectivity index (χ2v) is 6.17. The molecule has 20 heavy (non-hydrogen) atoms. The van der Waals surface area contributed by atoms with E-state index in [0.717, 1.165) is 31.3 Å². The number of hydrogen-bond acceptors (Lipinski definition) is 4. The van der Waals surface area contributed by atoms with E-state index in [1.807, 2.05) is 38.6 Å². The number of aliphatic hydroxyl groups is 1. The summed E-state index contributed by atoms with van der Waals surface area (Å²) < 4.78 is 0. The summed E-state index contributed by atoms with van der Waals surface area (Å²) in [5.74, 6) is 0.378. The maximum atomic E-state index is 10.1. The summed E-state index contributed by atoms with van der Waals surface area (Å²) in [5, 5.41) is 12.4. The fourth-order valence-electron chi connectivity index (χ4n) is 3.08. The Balaban J connectivity index is 1.84. The molecule has 4 nitrogen and oxygen atoms in total. The van der Waals surface area contributed by atoms with Crippen molar-refractivity contribution >= 4 is 16.5 Å². The average molecular weight is 271 g/mol. The van der Waals surface area contributed by atoms with Gasteiger partial charge >= 0.3 is 0 Å². The second kappa shape index (κ2) is 5.02. The van der Waals surface area contributed by atoms with Crippen molar-refractivity contribution in [2.45, 2.75) is 32.3 Å². The van der Waals surface area contributed by atoms with Crippen molar-refractivity contribution in [3.63, 3.8) is 0 Å². The van der Waals surface area contributed by atoms with Crippen molar-refractivity contribution in [1.29, 1.82) is 0 Å². The largest absolute Gasteiger partial charge is 0.390 e. The molecule has 4 heteroatoms. The minimum Gasteiger partial charge on any atom is -0.390 e. The van der Waals surface area contributed by atoms with E-state index in [2.05, 4.69) is 20.9 Å². The lowest BCUT2D eigenvalue weighted by atomic mass is 9.83. The molecule has 1 N–H and O–H groups in total. The van der Waals surface area contributed by atoms with E-state index < -0.39 is 5.60 Å². The van der Waals surface area contributed by atoms with Crippen molar-refractivity contribution in [2.24, 2.45) is 5.92 Å². The van der Waals surface area contributed by atoms with E-state index in [4.69, 9.17) is 0 Å². The quantitative estimate of drug-likeness (QED) is 0.912. The van der Waals surface area contributed by atoms with Gasteiger partial charge in [-0.25, -0.2) is 0 Å². The van der Waals surface area contributed by atoms with Gasteiger partial charge in [-0.15, -0.1) is 0 Å². The number of anilines is 1. The Bertz CT molecular complexity index is 593. The first kappa shape index (κ1) is 13.3. The molecule has 1 saturated heterocycles. The smallest absolute Gasteiger partial charge is 0.0633 e. The molecule has 3 rings (SSSR count). The third kappa shape index (κ3) is 2.48. The van der Waals surface area contributed by atoms with E-state index in [1.54, 1.807) is 0 Å². The van der Waals surface area contributed by atoms with Crippen molar-refractivity contribution < 1.29 is 5.11 Å². The van der Waals surface area contributed by atoms with Crippen LogP contribution in [-0.4, -0.2) is 33.8 Å². The van der Waals surface area contributed by atoms with Crippen molar-refractivity contribution in [1.82, 2.24) is 9.97 Å².